The number of amides is 1. The molecule has 0 radical (unpaired) electrons. The second-order valence-corrected chi connectivity index (χ2v) is 7.41. The summed E-state index contributed by atoms with van der Waals surface area (Å²) in [6.45, 7) is 2.24. The molecular formula is C22H28ClN3O2. The first-order valence-electron chi connectivity index (χ1n) is 9.99. The van der Waals surface area contributed by atoms with Gasteiger partial charge in [0, 0.05) is 37.6 Å². The lowest BCUT2D eigenvalue weighted by molar-refractivity contribution is 0.0633. The normalized spacial score (nSPS) is 20.3. The topological polar surface area (TPSA) is 54.5 Å². The van der Waals surface area contributed by atoms with Gasteiger partial charge in [0.25, 0.3) is 5.91 Å². The van der Waals surface area contributed by atoms with Crippen LogP contribution in [0.4, 0.5) is 0 Å². The second kappa shape index (κ2) is 9.89. The predicted molar refractivity (Wildman–Crippen MR) is 112 cm³/mol. The van der Waals surface area contributed by atoms with Crippen LogP contribution < -0.4 is 10.1 Å². The first-order valence-corrected chi connectivity index (χ1v) is 9.99. The molecule has 150 valence electrons. The van der Waals surface area contributed by atoms with E-state index < -0.39 is 0 Å². The molecule has 0 spiro atoms. The summed E-state index contributed by atoms with van der Waals surface area (Å²) in [5.41, 5.74) is 1.76. The molecular weight excluding hydrogens is 374 g/mol. The smallest absolute Gasteiger partial charge is 0.254 e. The molecule has 1 amide bonds. The van der Waals surface area contributed by atoms with E-state index >= 15 is 0 Å². The first-order chi connectivity index (χ1) is 13.3. The van der Waals surface area contributed by atoms with Gasteiger partial charge in [-0.3, -0.25) is 9.78 Å². The minimum atomic E-state index is 0. The van der Waals surface area contributed by atoms with Gasteiger partial charge in [0.15, 0.2) is 0 Å². The van der Waals surface area contributed by atoms with Gasteiger partial charge in [-0.1, -0.05) is 18.6 Å². The molecule has 1 aromatic heterocycles. The Morgan fingerprint density at radius 3 is 2.79 bits per heavy atom. The van der Waals surface area contributed by atoms with E-state index in [4.69, 9.17) is 4.74 Å². The Kier molecular flexibility index (Phi) is 7.29. The van der Waals surface area contributed by atoms with E-state index in [9.17, 15) is 4.79 Å². The van der Waals surface area contributed by atoms with Gasteiger partial charge < -0.3 is 15.0 Å². The van der Waals surface area contributed by atoms with Crippen molar-refractivity contribution in [3.8, 4) is 5.75 Å². The Balaban J connectivity index is 0.00000225. The lowest BCUT2D eigenvalue weighted by Crippen LogP contribution is -2.48. The fraction of sp³-hybridized carbons (Fsp3) is 0.455. The summed E-state index contributed by atoms with van der Waals surface area (Å²) >= 11 is 0. The van der Waals surface area contributed by atoms with Crippen molar-refractivity contribution in [3.05, 3.63) is 59.9 Å². The summed E-state index contributed by atoms with van der Waals surface area (Å²) in [6, 6.07) is 11.6. The SMILES string of the molecule is Cl.O=C(c1cccc(OC2CCCCC2)c1)N1CCNCC1c1cccnc1. The number of ether oxygens (including phenoxy) is 1. The highest BCUT2D eigenvalue weighted by atomic mass is 35.5. The number of carbonyl (C=O) groups excluding carboxylic acids is 1. The lowest BCUT2D eigenvalue weighted by atomic mass is 9.98. The van der Waals surface area contributed by atoms with Crippen LogP contribution in [0.1, 0.15) is 54.1 Å². The zero-order valence-electron chi connectivity index (χ0n) is 16.0. The quantitative estimate of drug-likeness (QED) is 0.841. The molecule has 1 atom stereocenters. The molecule has 1 N–H and O–H groups in total. The maximum Gasteiger partial charge on any atom is 0.254 e. The minimum absolute atomic E-state index is 0. The number of aromatic nitrogens is 1. The van der Waals surface area contributed by atoms with Gasteiger partial charge in [-0.15, -0.1) is 12.4 Å². The van der Waals surface area contributed by atoms with Crippen molar-refractivity contribution in [2.75, 3.05) is 19.6 Å². The highest BCUT2D eigenvalue weighted by Crippen LogP contribution is 2.27. The van der Waals surface area contributed by atoms with Crippen LogP contribution in [0.3, 0.4) is 0 Å². The van der Waals surface area contributed by atoms with E-state index in [0.29, 0.717) is 12.1 Å². The molecule has 2 heterocycles. The highest BCUT2D eigenvalue weighted by molar-refractivity contribution is 5.95. The summed E-state index contributed by atoms with van der Waals surface area (Å²) in [6.07, 6.45) is 9.88. The van der Waals surface area contributed by atoms with Crippen molar-refractivity contribution in [2.45, 2.75) is 44.2 Å². The standard InChI is InChI=1S/C22H27N3O2.ClH/c26-22(25-13-12-24-16-21(25)18-7-5-11-23-15-18)17-6-4-10-20(14-17)27-19-8-2-1-3-9-19;/h4-7,10-11,14-15,19,21,24H,1-3,8-9,12-13,16H2;1H. The third-order valence-corrected chi connectivity index (χ3v) is 5.51. The highest BCUT2D eigenvalue weighted by Gasteiger charge is 2.29. The third kappa shape index (κ3) is 4.83. The van der Waals surface area contributed by atoms with Crippen molar-refractivity contribution in [1.29, 1.82) is 0 Å². The Morgan fingerprint density at radius 2 is 2.00 bits per heavy atom. The van der Waals surface area contributed by atoms with Crippen LogP contribution in [0, 0.1) is 0 Å². The molecule has 1 aliphatic heterocycles. The molecule has 0 bridgehead atoms. The van der Waals surface area contributed by atoms with Crippen LogP contribution in [0.15, 0.2) is 48.8 Å². The number of benzene rings is 1. The van der Waals surface area contributed by atoms with Crippen LogP contribution in [0.25, 0.3) is 0 Å². The monoisotopic (exact) mass is 401 g/mol. The van der Waals surface area contributed by atoms with E-state index in [2.05, 4.69) is 10.3 Å². The van der Waals surface area contributed by atoms with Gasteiger partial charge in [0.1, 0.15) is 5.75 Å². The van der Waals surface area contributed by atoms with Crippen molar-refractivity contribution in [3.63, 3.8) is 0 Å². The van der Waals surface area contributed by atoms with Crippen molar-refractivity contribution < 1.29 is 9.53 Å². The molecule has 5 nitrogen and oxygen atoms in total. The summed E-state index contributed by atoms with van der Waals surface area (Å²) in [4.78, 5) is 19.4. The number of piperazine rings is 1. The zero-order chi connectivity index (χ0) is 18.5. The summed E-state index contributed by atoms with van der Waals surface area (Å²) in [5, 5.41) is 3.39. The van der Waals surface area contributed by atoms with E-state index in [1.54, 1.807) is 6.20 Å². The van der Waals surface area contributed by atoms with Crippen LogP contribution in [-0.2, 0) is 0 Å². The van der Waals surface area contributed by atoms with Gasteiger partial charge in [0.2, 0.25) is 0 Å². The predicted octanol–water partition coefficient (Wildman–Crippen LogP) is 4.00. The van der Waals surface area contributed by atoms with Crippen LogP contribution in [0.5, 0.6) is 5.75 Å². The Morgan fingerprint density at radius 1 is 1.14 bits per heavy atom. The summed E-state index contributed by atoms with van der Waals surface area (Å²) in [7, 11) is 0. The molecule has 2 aromatic rings. The fourth-order valence-electron chi connectivity index (χ4n) is 4.06. The average molecular weight is 402 g/mol. The maximum atomic E-state index is 13.3. The fourth-order valence-corrected chi connectivity index (χ4v) is 4.06. The molecule has 1 unspecified atom stereocenters. The summed E-state index contributed by atoms with van der Waals surface area (Å²) < 4.78 is 6.15. The lowest BCUT2D eigenvalue weighted by Gasteiger charge is -2.36. The number of nitrogens with one attached hydrogen (secondary N) is 1. The first kappa shape index (κ1) is 20.6. The van der Waals surface area contributed by atoms with Gasteiger partial charge in [-0.25, -0.2) is 0 Å². The number of hydrogen-bond acceptors (Lipinski definition) is 4. The number of carbonyl (C=O) groups is 1. The molecule has 4 rings (SSSR count). The van der Waals surface area contributed by atoms with Crippen LogP contribution in [0.2, 0.25) is 0 Å². The summed E-state index contributed by atoms with van der Waals surface area (Å²) in [5.74, 6) is 0.861. The molecule has 1 saturated carbocycles. The van der Waals surface area contributed by atoms with Gasteiger partial charge in [-0.2, -0.15) is 0 Å². The molecule has 28 heavy (non-hydrogen) atoms. The van der Waals surface area contributed by atoms with E-state index in [1.165, 1.54) is 19.3 Å². The van der Waals surface area contributed by atoms with Gasteiger partial charge in [0.05, 0.1) is 12.1 Å². The number of hydrogen-bond donors (Lipinski definition) is 1. The molecule has 1 saturated heterocycles. The molecule has 2 aliphatic rings. The average Bonchev–Trinajstić information content (AvgIpc) is 2.75. The molecule has 6 heteroatoms. The van der Waals surface area contributed by atoms with Gasteiger partial charge in [-0.05, 0) is 55.5 Å². The Bertz CT molecular complexity index is 765. The number of rotatable bonds is 4. The zero-order valence-corrected chi connectivity index (χ0v) is 16.9. The number of nitrogens with zero attached hydrogens (tertiary/aromatic N) is 2. The second-order valence-electron chi connectivity index (χ2n) is 7.41. The van der Waals surface area contributed by atoms with Gasteiger partial charge >= 0.3 is 0 Å². The van der Waals surface area contributed by atoms with Crippen molar-refractivity contribution >= 4 is 18.3 Å². The molecule has 1 aromatic carbocycles. The Hall–Kier alpha value is -2.11. The van der Waals surface area contributed by atoms with Crippen molar-refractivity contribution in [1.82, 2.24) is 15.2 Å². The van der Waals surface area contributed by atoms with E-state index in [1.807, 2.05) is 47.5 Å². The molecule has 2 fully saturated rings. The maximum absolute atomic E-state index is 13.3. The Labute approximate surface area is 172 Å². The van der Waals surface area contributed by atoms with Crippen molar-refractivity contribution in [2.24, 2.45) is 0 Å². The van der Waals surface area contributed by atoms with E-state index in [-0.39, 0.29) is 30.5 Å². The number of pyridine rings is 1. The minimum Gasteiger partial charge on any atom is -0.490 e. The van der Waals surface area contributed by atoms with E-state index in [0.717, 1.165) is 37.2 Å². The number of halogens is 1. The largest absolute Gasteiger partial charge is 0.490 e. The van der Waals surface area contributed by atoms with Crippen LogP contribution in [-0.4, -0.2) is 41.5 Å². The third-order valence-electron chi connectivity index (χ3n) is 5.51. The van der Waals surface area contributed by atoms with Crippen LogP contribution >= 0.6 is 12.4 Å². The molecule has 1 aliphatic carbocycles.